The summed E-state index contributed by atoms with van der Waals surface area (Å²) in [6.45, 7) is 1.48. The first-order valence-electron chi connectivity index (χ1n) is 5.25. The Kier molecular flexibility index (Phi) is 3.30. The number of benzene rings is 1. The maximum atomic E-state index is 12.0. The number of ether oxygens (including phenoxy) is 1. The van der Waals surface area contributed by atoms with Crippen LogP contribution in [0.15, 0.2) is 28.7 Å². The molecule has 3 nitrogen and oxygen atoms in total. The van der Waals surface area contributed by atoms with Crippen molar-refractivity contribution in [1.29, 1.82) is 0 Å². The normalized spacial score (nSPS) is 24.4. The van der Waals surface area contributed by atoms with E-state index < -0.39 is 5.41 Å². The molecular formula is C12H14BrNO2. The van der Waals surface area contributed by atoms with Gasteiger partial charge in [-0.05, 0) is 24.6 Å². The van der Waals surface area contributed by atoms with E-state index in [9.17, 15) is 4.79 Å². The molecule has 0 radical (unpaired) electrons. The third-order valence-corrected chi connectivity index (χ3v) is 3.81. The first-order valence-corrected chi connectivity index (χ1v) is 6.04. The fourth-order valence-electron chi connectivity index (χ4n) is 2.25. The van der Waals surface area contributed by atoms with E-state index >= 15 is 0 Å². The van der Waals surface area contributed by atoms with Gasteiger partial charge in [-0.15, -0.1) is 0 Å². The lowest BCUT2D eigenvalue weighted by Crippen LogP contribution is -2.39. The highest BCUT2D eigenvalue weighted by Gasteiger charge is 2.44. The van der Waals surface area contributed by atoms with E-state index in [0.29, 0.717) is 6.54 Å². The van der Waals surface area contributed by atoms with Crippen molar-refractivity contribution >= 4 is 21.9 Å². The first kappa shape index (κ1) is 11.6. The zero-order valence-electron chi connectivity index (χ0n) is 9.13. The Balaban J connectivity index is 2.48. The number of carbonyl (C=O) groups is 1. The largest absolute Gasteiger partial charge is 0.468 e. The van der Waals surface area contributed by atoms with Gasteiger partial charge in [0.15, 0.2) is 0 Å². The first-order chi connectivity index (χ1) is 7.70. The quantitative estimate of drug-likeness (QED) is 0.842. The molecule has 1 aromatic rings. The molecule has 1 aliphatic rings. The molecule has 1 saturated heterocycles. The van der Waals surface area contributed by atoms with Crippen LogP contribution in [0.2, 0.25) is 0 Å². The van der Waals surface area contributed by atoms with Gasteiger partial charge in [0, 0.05) is 11.0 Å². The predicted molar refractivity (Wildman–Crippen MR) is 65.3 cm³/mol. The molecule has 1 unspecified atom stereocenters. The highest BCUT2D eigenvalue weighted by molar-refractivity contribution is 9.10. The van der Waals surface area contributed by atoms with Crippen molar-refractivity contribution in [2.24, 2.45) is 0 Å². The predicted octanol–water partition coefficient (Wildman–Crippen LogP) is 1.85. The molecule has 0 spiro atoms. The van der Waals surface area contributed by atoms with Crippen LogP contribution in [0.4, 0.5) is 0 Å². The third kappa shape index (κ3) is 1.76. The topological polar surface area (TPSA) is 38.3 Å². The molecule has 0 aromatic heterocycles. The van der Waals surface area contributed by atoms with E-state index in [1.807, 2.05) is 24.3 Å². The second-order valence-electron chi connectivity index (χ2n) is 3.98. The van der Waals surface area contributed by atoms with Crippen LogP contribution in [0.5, 0.6) is 0 Å². The van der Waals surface area contributed by atoms with E-state index in [-0.39, 0.29) is 5.97 Å². The van der Waals surface area contributed by atoms with Gasteiger partial charge in [-0.2, -0.15) is 0 Å². The Bertz CT molecular complexity index is 400. The lowest BCUT2D eigenvalue weighted by molar-refractivity contribution is -0.146. The third-order valence-electron chi connectivity index (χ3n) is 3.12. The average molecular weight is 284 g/mol. The Hall–Kier alpha value is -0.870. The van der Waals surface area contributed by atoms with E-state index in [4.69, 9.17) is 4.74 Å². The van der Waals surface area contributed by atoms with Crippen molar-refractivity contribution in [3.8, 4) is 0 Å². The monoisotopic (exact) mass is 283 g/mol. The van der Waals surface area contributed by atoms with E-state index in [1.54, 1.807) is 0 Å². The standard InChI is InChI=1S/C12H14BrNO2/c1-16-11(15)12(6-7-14-8-12)9-4-2-3-5-10(9)13/h2-5,14H,6-8H2,1H3. The molecule has 0 aliphatic carbocycles. The molecule has 86 valence electrons. The summed E-state index contributed by atoms with van der Waals surface area (Å²) in [6.07, 6.45) is 0.780. The Morgan fingerprint density at radius 2 is 2.25 bits per heavy atom. The molecule has 0 amide bonds. The van der Waals surface area contributed by atoms with Crippen molar-refractivity contribution in [2.45, 2.75) is 11.8 Å². The number of hydrogen-bond donors (Lipinski definition) is 1. The van der Waals surface area contributed by atoms with Gasteiger partial charge < -0.3 is 10.1 Å². The van der Waals surface area contributed by atoms with Gasteiger partial charge in [0.05, 0.1) is 7.11 Å². The molecular weight excluding hydrogens is 270 g/mol. The molecule has 1 fully saturated rings. The summed E-state index contributed by atoms with van der Waals surface area (Å²) in [5.74, 6) is -0.163. The van der Waals surface area contributed by atoms with Crippen LogP contribution in [0, 0.1) is 0 Å². The molecule has 4 heteroatoms. The number of methoxy groups -OCH3 is 1. The van der Waals surface area contributed by atoms with Crippen LogP contribution in [-0.4, -0.2) is 26.2 Å². The lowest BCUT2D eigenvalue weighted by atomic mass is 9.80. The van der Waals surface area contributed by atoms with E-state index in [2.05, 4.69) is 21.2 Å². The highest BCUT2D eigenvalue weighted by Crippen LogP contribution is 2.36. The fourth-order valence-corrected chi connectivity index (χ4v) is 2.91. The van der Waals surface area contributed by atoms with Gasteiger partial charge in [-0.3, -0.25) is 4.79 Å². The minimum absolute atomic E-state index is 0.163. The lowest BCUT2D eigenvalue weighted by Gasteiger charge is -2.26. The number of esters is 1. The van der Waals surface area contributed by atoms with Crippen LogP contribution in [0.25, 0.3) is 0 Å². The fraction of sp³-hybridized carbons (Fsp3) is 0.417. The van der Waals surface area contributed by atoms with Gasteiger partial charge in [0.1, 0.15) is 5.41 Å². The van der Waals surface area contributed by atoms with E-state index in [1.165, 1.54) is 7.11 Å². The van der Waals surface area contributed by atoms with Gasteiger partial charge in [-0.1, -0.05) is 34.1 Å². The second kappa shape index (κ2) is 4.55. The molecule has 0 saturated carbocycles. The van der Waals surface area contributed by atoms with Crippen molar-refractivity contribution in [3.05, 3.63) is 34.3 Å². The van der Waals surface area contributed by atoms with Crippen molar-refractivity contribution in [2.75, 3.05) is 20.2 Å². The maximum Gasteiger partial charge on any atom is 0.317 e. The minimum atomic E-state index is -0.533. The summed E-state index contributed by atoms with van der Waals surface area (Å²) in [4.78, 5) is 12.0. The summed E-state index contributed by atoms with van der Waals surface area (Å²) >= 11 is 3.50. The van der Waals surface area contributed by atoms with Crippen LogP contribution in [-0.2, 0) is 14.9 Å². The van der Waals surface area contributed by atoms with Crippen LogP contribution >= 0.6 is 15.9 Å². The maximum absolute atomic E-state index is 12.0. The van der Waals surface area contributed by atoms with Crippen molar-refractivity contribution in [3.63, 3.8) is 0 Å². The molecule has 16 heavy (non-hydrogen) atoms. The van der Waals surface area contributed by atoms with Gasteiger partial charge in [0.2, 0.25) is 0 Å². The zero-order valence-corrected chi connectivity index (χ0v) is 10.7. The zero-order chi connectivity index (χ0) is 11.6. The van der Waals surface area contributed by atoms with Gasteiger partial charge >= 0.3 is 5.97 Å². The average Bonchev–Trinajstić information content (AvgIpc) is 2.79. The summed E-state index contributed by atoms with van der Waals surface area (Å²) in [7, 11) is 1.44. The number of hydrogen-bond acceptors (Lipinski definition) is 3. The molecule has 0 bridgehead atoms. The van der Waals surface area contributed by atoms with Crippen LogP contribution in [0.3, 0.4) is 0 Å². The molecule has 1 atom stereocenters. The molecule has 2 rings (SSSR count). The Morgan fingerprint density at radius 1 is 1.50 bits per heavy atom. The van der Waals surface area contributed by atoms with Crippen LogP contribution < -0.4 is 5.32 Å². The molecule has 1 heterocycles. The van der Waals surface area contributed by atoms with Gasteiger partial charge in [0.25, 0.3) is 0 Å². The summed E-state index contributed by atoms with van der Waals surface area (Å²) in [6, 6.07) is 7.83. The molecule has 1 N–H and O–H groups in total. The SMILES string of the molecule is COC(=O)C1(c2ccccc2Br)CCNC1. The molecule has 1 aromatic carbocycles. The van der Waals surface area contributed by atoms with Crippen molar-refractivity contribution in [1.82, 2.24) is 5.32 Å². The Labute approximate surface area is 103 Å². The second-order valence-corrected chi connectivity index (χ2v) is 4.83. The van der Waals surface area contributed by atoms with Gasteiger partial charge in [-0.25, -0.2) is 0 Å². The number of halogens is 1. The van der Waals surface area contributed by atoms with Crippen LogP contribution in [0.1, 0.15) is 12.0 Å². The smallest absolute Gasteiger partial charge is 0.317 e. The van der Waals surface area contributed by atoms with E-state index in [0.717, 1.165) is 23.0 Å². The number of rotatable bonds is 2. The minimum Gasteiger partial charge on any atom is -0.468 e. The Morgan fingerprint density at radius 3 is 2.81 bits per heavy atom. The molecule has 1 aliphatic heterocycles. The highest BCUT2D eigenvalue weighted by atomic mass is 79.9. The number of nitrogens with one attached hydrogen (secondary N) is 1. The van der Waals surface area contributed by atoms with Crippen molar-refractivity contribution < 1.29 is 9.53 Å². The summed E-state index contributed by atoms with van der Waals surface area (Å²) < 4.78 is 5.91. The number of carbonyl (C=O) groups excluding carboxylic acids is 1. The summed E-state index contributed by atoms with van der Waals surface area (Å²) in [5, 5.41) is 3.23. The summed E-state index contributed by atoms with van der Waals surface area (Å²) in [5.41, 5.74) is 0.473.